The molecule has 1 atom stereocenters. The van der Waals surface area contributed by atoms with Gasteiger partial charge < -0.3 is 5.32 Å². The highest BCUT2D eigenvalue weighted by Gasteiger charge is 2.21. The second kappa shape index (κ2) is 7.13. The van der Waals surface area contributed by atoms with Crippen molar-refractivity contribution in [3.8, 4) is 0 Å². The van der Waals surface area contributed by atoms with Gasteiger partial charge in [-0.1, -0.05) is 50.1 Å². The van der Waals surface area contributed by atoms with E-state index in [0.717, 1.165) is 18.7 Å². The molecule has 0 aliphatic heterocycles. The number of hydrogen-bond acceptors (Lipinski definition) is 2. The lowest BCUT2D eigenvalue weighted by atomic mass is 9.85. The fraction of sp³-hybridized carbons (Fsp3) is 0.471. The van der Waals surface area contributed by atoms with E-state index in [9.17, 15) is 4.79 Å². The Morgan fingerprint density at radius 3 is 2.68 bits per heavy atom. The van der Waals surface area contributed by atoms with Gasteiger partial charge in [-0.05, 0) is 24.3 Å². The molecule has 1 aliphatic rings. The average molecular weight is 257 g/mol. The van der Waals surface area contributed by atoms with E-state index in [-0.39, 0.29) is 5.78 Å². The lowest BCUT2D eigenvalue weighted by Crippen LogP contribution is -2.22. The Morgan fingerprint density at radius 1 is 1.16 bits per heavy atom. The molecule has 0 amide bonds. The molecule has 1 aromatic carbocycles. The Balaban J connectivity index is 1.93. The zero-order valence-electron chi connectivity index (χ0n) is 11.7. The molecule has 2 rings (SSSR count). The molecule has 0 radical (unpaired) electrons. The number of unbranched alkanes of at least 4 members (excludes halogenated alkanes) is 2. The molecule has 0 spiro atoms. The molecule has 1 aromatic rings. The van der Waals surface area contributed by atoms with Gasteiger partial charge in [0.2, 0.25) is 0 Å². The van der Waals surface area contributed by atoms with Gasteiger partial charge in [0.05, 0.1) is 0 Å². The van der Waals surface area contributed by atoms with Gasteiger partial charge in [-0.15, -0.1) is 0 Å². The molecular weight excluding hydrogens is 234 g/mol. The van der Waals surface area contributed by atoms with E-state index >= 15 is 0 Å². The van der Waals surface area contributed by atoms with Crippen LogP contribution in [0.5, 0.6) is 0 Å². The van der Waals surface area contributed by atoms with Gasteiger partial charge in [-0.25, -0.2) is 0 Å². The molecule has 0 unspecified atom stereocenters. The first-order valence-corrected chi connectivity index (χ1v) is 7.32. The summed E-state index contributed by atoms with van der Waals surface area (Å²) in [5, 5.41) is 3.43. The van der Waals surface area contributed by atoms with Gasteiger partial charge in [0.15, 0.2) is 5.78 Å². The third kappa shape index (κ3) is 4.23. The number of carbonyl (C=O) groups is 1. The molecule has 19 heavy (non-hydrogen) atoms. The minimum Gasteiger partial charge on any atom is -0.388 e. The van der Waals surface area contributed by atoms with Crippen LogP contribution in [0.2, 0.25) is 0 Å². The highest BCUT2D eigenvalue weighted by molar-refractivity contribution is 5.91. The van der Waals surface area contributed by atoms with E-state index in [4.69, 9.17) is 0 Å². The second-order valence-corrected chi connectivity index (χ2v) is 5.29. The Morgan fingerprint density at radius 2 is 1.95 bits per heavy atom. The molecule has 0 bridgehead atoms. The highest BCUT2D eigenvalue weighted by atomic mass is 16.1. The number of carbonyl (C=O) groups excluding carboxylic acids is 1. The Kier molecular flexibility index (Phi) is 5.20. The lowest BCUT2D eigenvalue weighted by Gasteiger charge is -2.23. The normalized spacial score (nSPS) is 19.1. The Hall–Kier alpha value is -1.57. The molecule has 1 N–H and O–H groups in total. The van der Waals surface area contributed by atoms with Crippen LogP contribution in [0.25, 0.3) is 0 Å². The molecule has 0 aromatic heterocycles. The third-order valence-corrected chi connectivity index (χ3v) is 3.65. The largest absolute Gasteiger partial charge is 0.388 e. The van der Waals surface area contributed by atoms with Gasteiger partial charge in [-0.2, -0.15) is 0 Å². The maximum Gasteiger partial charge on any atom is 0.158 e. The van der Waals surface area contributed by atoms with Crippen LogP contribution in [0, 0.1) is 0 Å². The molecule has 2 heteroatoms. The number of allylic oxidation sites excluding steroid dienone is 2. The average Bonchev–Trinajstić information content (AvgIpc) is 2.44. The van der Waals surface area contributed by atoms with E-state index in [1.54, 1.807) is 6.08 Å². The van der Waals surface area contributed by atoms with Crippen molar-refractivity contribution < 1.29 is 4.79 Å². The van der Waals surface area contributed by atoms with Crippen LogP contribution in [0.3, 0.4) is 0 Å². The quantitative estimate of drug-likeness (QED) is 0.785. The van der Waals surface area contributed by atoms with Crippen LogP contribution in [0.4, 0.5) is 0 Å². The van der Waals surface area contributed by atoms with Crippen molar-refractivity contribution >= 4 is 5.78 Å². The van der Waals surface area contributed by atoms with Crippen LogP contribution in [0.1, 0.15) is 50.5 Å². The number of hydrogen-bond donors (Lipinski definition) is 1. The van der Waals surface area contributed by atoms with Gasteiger partial charge in [-0.3, -0.25) is 4.79 Å². The Bertz CT molecular complexity index is 436. The maximum atomic E-state index is 11.8. The maximum absolute atomic E-state index is 11.8. The van der Waals surface area contributed by atoms with Gasteiger partial charge >= 0.3 is 0 Å². The first kappa shape index (κ1) is 13.9. The molecule has 1 aliphatic carbocycles. The van der Waals surface area contributed by atoms with Crippen molar-refractivity contribution in [2.45, 2.75) is 44.9 Å². The van der Waals surface area contributed by atoms with Crippen LogP contribution in [-0.4, -0.2) is 12.3 Å². The fourth-order valence-electron chi connectivity index (χ4n) is 2.60. The van der Waals surface area contributed by atoms with Gasteiger partial charge in [0, 0.05) is 24.7 Å². The molecule has 2 nitrogen and oxygen atoms in total. The summed E-state index contributed by atoms with van der Waals surface area (Å²) in [6.07, 6.45) is 7.05. The van der Waals surface area contributed by atoms with Gasteiger partial charge in [0.25, 0.3) is 0 Å². The monoisotopic (exact) mass is 257 g/mol. The third-order valence-electron chi connectivity index (χ3n) is 3.65. The van der Waals surface area contributed by atoms with Crippen molar-refractivity contribution in [2.75, 3.05) is 6.54 Å². The topological polar surface area (TPSA) is 29.1 Å². The summed E-state index contributed by atoms with van der Waals surface area (Å²) in [7, 11) is 0. The van der Waals surface area contributed by atoms with Crippen molar-refractivity contribution in [1.29, 1.82) is 0 Å². The minimum atomic E-state index is 0.248. The zero-order chi connectivity index (χ0) is 13.5. The van der Waals surface area contributed by atoms with Crippen molar-refractivity contribution in [3.63, 3.8) is 0 Å². The van der Waals surface area contributed by atoms with Crippen molar-refractivity contribution in [3.05, 3.63) is 47.7 Å². The van der Waals surface area contributed by atoms with Crippen LogP contribution < -0.4 is 5.32 Å². The standard InChI is InChI=1S/C17H23NO/c1-2-3-7-10-18-16-11-15(12-17(19)13-16)14-8-5-4-6-9-14/h4-6,8-9,13,15,18H,2-3,7,10-12H2,1H3/t15-/m0/s1. The summed E-state index contributed by atoms with van der Waals surface area (Å²) >= 11 is 0. The lowest BCUT2D eigenvalue weighted by molar-refractivity contribution is -0.115. The summed E-state index contributed by atoms with van der Waals surface area (Å²) in [4.78, 5) is 11.8. The zero-order valence-corrected chi connectivity index (χ0v) is 11.7. The molecule has 0 saturated heterocycles. The summed E-state index contributed by atoms with van der Waals surface area (Å²) in [5.41, 5.74) is 2.39. The number of nitrogens with one attached hydrogen (secondary N) is 1. The number of rotatable bonds is 6. The summed E-state index contributed by atoms with van der Waals surface area (Å²) in [6.45, 7) is 3.18. The number of ketones is 1. The van der Waals surface area contributed by atoms with E-state index in [2.05, 4.69) is 24.4 Å². The van der Waals surface area contributed by atoms with Gasteiger partial charge in [0.1, 0.15) is 0 Å². The van der Waals surface area contributed by atoms with Crippen molar-refractivity contribution in [2.24, 2.45) is 0 Å². The minimum absolute atomic E-state index is 0.248. The van der Waals surface area contributed by atoms with E-state index < -0.39 is 0 Å². The summed E-state index contributed by atoms with van der Waals surface area (Å²) < 4.78 is 0. The first-order chi connectivity index (χ1) is 9.29. The summed E-state index contributed by atoms with van der Waals surface area (Å²) in [5.74, 6) is 0.588. The van der Waals surface area contributed by atoms with Crippen LogP contribution in [0.15, 0.2) is 42.1 Å². The molecule has 0 saturated carbocycles. The predicted octanol–water partition coefficient (Wildman–Crippen LogP) is 3.80. The van der Waals surface area contributed by atoms with E-state index in [1.807, 2.05) is 18.2 Å². The van der Waals surface area contributed by atoms with Crippen LogP contribution in [-0.2, 0) is 4.79 Å². The fourth-order valence-corrected chi connectivity index (χ4v) is 2.60. The number of benzene rings is 1. The predicted molar refractivity (Wildman–Crippen MR) is 79.0 cm³/mol. The van der Waals surface area contributed by atoms with Crippen molar-refractivity contribution in [1.82, 2.24) is 5.32 Å². The second-order valence-electron chi connectivity index (χ2n) is 5.29. The molecule has 102 valence electrons. The Labute approximate surface area is 115 Å². The van der Waals surface area contributed by atoms with E-state index in [0.29, 0.717) is 12.3 Å². The summed E-state index contributed by atoms with van der Waals surface area (Å²) in [6, 6.07) is 10.4. The highest BCUT2D eigenvalue weighted by Crippen LogP contribution is 2.30. The molecule has 0 heterocycles. The smallest absolute Gasteiger partial charge is 0.158 e. The molecular formula is C17H23NO. The molecule has 0 fully saturated rings. The first-order valence-electron chi connectivity index (χ1n) is 7.32. The van der Waals surface area contributed by atoms with E-state index in [1.165, 1.54) is 24.8 Å². The van der Waals surface area contributed by atoms with Crippen LogP contribution >= 0.6 is 0 Å². The SMILES string of the molecule is CCCCCNC1=CC(=O)C[C@@H](c2ccccc2)C1.